The number of allylic oxidation sites excluding steroid dienone is 1. The lowest BCUT2D eigenvalue weighted by Crippen LogP contribution is -2.17. The highest BCUT2D eigenvalue weighted by molar-refractivity contribution is 6.83. The summed E-state index contributed by atoms with van der Waals surface area (Å²) >= 11 is 0. The topological polar surface area (TPSA) is 20.2 Å². The highest BCUT2D eigenvalue weighted by atomic mass is 28.3. The second-order valence-corrected chi connectivity index (χ2v) is 8.93. The number of unbranched alkanes of at least 4 members (excludes halogenated alkanes) is 1. The highest BCUT2D eigenvalue weighted by Gasteiger charge is 2.07. The Morgan fingerprint density at radius 2 is 2.00 bits per heavy atom. The van der Waals surface area contributed by atoms with E-state index in [-0.39, 0.29) is 0 Å². The zero-order chi connectivity index (χ0) is 10.3. The van der Waals surface area contributed by atoms with E-state index in [0.29, 0.717) is 0 Å². The lowest BCUT2D eigenvalue weighted by Gasteiger charge is -2.04. The van der Waals surface area contributed by atoms with Crippen LogP contribution in [0.15, 0.2) is 12.2 Å². The van der Waals surface area contributed by atoms with E-state index in [9.17, 15) is 5.11 Å². The maximum absolute atomic E-state index is 9.40. The summed E-state index contributed by atoms with van der Waals surface area (Å²) in [5.74, 6) is 2.86. The molecule has 0 radical (unpaired) electrons. The van der Waals surface area contributed by atoms with Gasteiger partial charge in [-0.25, -0.2) is 0 Å². The summed E-state index contributed by atoms with van der Waals surface area (Å²) in [7, 11) is -1.32. The molecule has 0 aliphatic heterocycles. The lowest BCUT2D eigenvalue weighted by atomic mass is 10.2. The fourth-order valence-corrected chi connectivity index (χ4v) is 1.31. The summed E-state index contributed by atoms with van der Waals surface area (Å²) in [5, 5.41) is 9.40. The molecule has 1 N–H and O–H groups in total. The average molecular weight is 196 g/mol. The van der Waals surface area contributed by atoms with Gasteiger partial charge in [0.05, 0.1) is 0 Å². The number of aliphatic hydroxyl groups excluding tert-OH is 1. The van der Waals surface area contributed by atoms with E-state index in [2.05, 4.69) is 38.0 Å². The number of rotatable bonds is 3. The summed E-state index contributed by atoms with van der Waals surface area (Å²) in [4.78, 5) is 0. The zero-order valence-corrected chi connectivity index (χ0v) is 10.1. The van der Waals surface area contributed by atoms with E-state index in [0.717, 1.165) is 12.8 Å². The Morgan fingerprint density at radius 3 is 2.46 bits per heavy atom. The molecular formula is C11H20OSi. The highest BCUT2D eigenvalue weighted by Crippen LogP contribution is 1.97. The van der Waals surface area contributed by atoms with Crippen LogP contribution >= 0.6 is 0 Å². The first-order valence-electron chi connectivity index (χ1n) is 4.83. The van der Waals surface area contributed by atoms with Gasteiger partial charge in [-0.05, 0) is 12.5 Å². The van der Waals surface area contributed by atoms with E-state index >= 15 is 0 Å². The number of hydrogen-bond donors (Lipinski definition) is 1. The van der Waals surface area contributed by atoms with Gasteiger partial charge in [0.15, 0.2) is 0 Å². The molecule has 0 heterocycles. The third-order valence-corrected chi connectivity index (χ3v) is 2.26. The standard InChI is InChI=1S/C11H20OSi/c1-5-6-7-8-11(12)9-10-13(2,3)4/h7-8,11-12H,5-6H2,1-4H3. The SMILES string of the molecule is CCCC=CC(O)C#C[Si](C)(C)C. The molecule has 0 bridgehead atoms. The fourth-order valence-electron chi connectivity index (χ4n) is 0.730. The van der Waals surface area contributed by atoms with Crippen molar-refractivity contribution < 1.29 is 5.11 Å². The zero-order valence-electron chi connectivity index (χ0n) is 9.09. The molecule has 0 aliphatic rings. The molecule has 0 saturated carbocycles. The van der Waals surface area contributed by atoms with Gasteiger partial charge < -0.3 is 5.11 Å². The van der Waals surface area contributed by atoms with Crippen LogP contribution < -0.4 is 0 Å². The van der Waals surface area contributed by atoms with Crippen molar-refractivity contribution in [1.82, 2.24) is 0 Å². The Balaban J connectivity index is 3.97. The molecule has 0 aromatic heterocycles. The van der Waals surface area contributed by atoms with Crippen molar-refractivity contribution in [2.24, 2.45) is 0 Å². The van der Waals surface area contributed by atoms with Gasteiger partial charge in [-0.3, -0.25) is 0 Å². The van der Waals surface area contributed by atoms with Gasteiger partial charge in [0.25, 0.3) is 0 Å². The molecule has 0 saturated heterocycles. The van der Waals surface area contributed by atoms with Crippen LogP contribution in [-0.4, -0.2) is 19.3 Å². The Hall–Kier alpha value is -0.523. The Morgan fingerprint density at radius 1 is 1.38 bits per heavy atom. The normalized spacial score (nSPS) is 13.9. The molecule has 0 aromatic rings. The second-order valence-electron chi connectivity index (χ2n) is 4.18. The summed E-state index contributed by atoms with van der Waals surface area (Å²) in [6, 6.07) is 0. The van der Waals surface area contributed by atoms with E-state index in [1.165, 1.54) is 0 Å². The molecule has 0 rings (SSSR count). The third-order valence-electron chi connectivity index (χ3n) is 1.37. The van der Waals surface area contributed by atoms with Crippen molar-refractivity contribution >= 4 is 8.07 Å². The minimum absolute atomic E-state index is 0.571. The van der Waals surface area contributed by atoms with Crippen LogP contribution in [0.2, 0.25) is 19.6 Å². The van der Waals surface area contributed by atoms with Gasteiger partial charge >= 0.3 is 0 Å². The smallest absolute Gasteiger partial charge is 0.132 e. The molecule has 1 atom stereocenters. The predicted octanol–water partition coefficient (Wildman–Crippen LogP) is 2.58. The molecule has 0 aromatic carbocycles. The Labute approximate surface area is 82.9 Å². The molecule has 1 unspecified atom stereocenters. The summed E-state index contributed by atoms with van der Waals surface area (Å²) in [6.07, 6.45) is 5.33. The van der Waals surface area contributed by atoms with Gasteiger partial charge in [0.1, 0.15) is 14.2 Å². The molecule has 0 spiro atoms. The van der Waals surface area contributed by atoms with Crippen LogP contribution in [-0.2, 0) is 0 Å². The van der Waals surface area contributed by atoms with Crippen LogP contribution in [0.5, 0.6) is 0 Å². The summed E-state index contributed by atoms with van der Waals surface area (Å²) < 4.78 is 0. The van der Waals surface area contributed by atoms with Gasteiger partial charge in [-0.15, -0.1) is 5.54 Å². The van der Waals surface area contributed by atoms with Crippen molar-refractivity contribution in [3.05, 3.63) is 12.2 Å². The van der Waals surface area contributed by atoms with Crippen LogP contribution in [0, 0.1) is 11.5 Å². The predicted molar refractivity (Wildman–Crippen MR) is 61.2 cm³/mol. The van der Waals surface area contributed by atoms with Gasteiger partial charge in [0, 0.05) is 0 Å². The lowest BCUT2D eigenvalue weighted by molar-refractivity contribution is 0.280. The Bertz CT molecular complexity index is 214. The van der Waals surface area contributed by atoms with Gasteiger partial charge in [-0.1, -0.05) is 45.0 Å². The van der Waals surface area contributed by atoms with Crippen LogP contribution in [0.1, 0.15) is 19.8 Å². The Kier molecular flexibility index (Phi) is 5.77. The molecule has 0 aliphatic carbocycles. The summed E-state index contributed by atoms with van der Waals surface area (Å²) in [6.45, 7) is 8.62. The molecule has 0 fully saturated rings. The van der Waals surface area contributed by atoms with Crippen LogP contribution in [0.3, 0.4) is 0 Å². The molecule has 13 heavy (non-hydrogen) atoms. The second kappa shape index (κ2) is 6.01. The van der Waals surface area contributed by atoms with Crippen molar-refractivity contribution in [2.75, 3.05) is 0 Å². The quantitative estimate of drug-likeness (QED) is 0.418. The first kappa shape index (κ1) is 12.5. The molecule has 0 amide bonds. The maximum Gasteiger partial charge on any atom is 0.132 e. The van der Waals surface area contributed by atoms with Crippen molar-refractivity contribution in [1.29, 1.82) is 0 Å². The molecule has 2 heteroatoms. The van der Waals surface area contributed by atoms with Gasteiger partial charge in [-0.2, -0.15) is 0 Å². The first-order chi connectivity index (χ1) is 5.95. The maximum atomic E-state index is 9.40. The minimum Gasteiger partial charge on any atom is -0.377 e. The van der Waals surface area contributed by atoms with Gasteiger partial charge in [0.2, 0.25) is 0 Å². The first-order valence-corrected chi connectivity index (χ1v) is 8.33. The van der Waals surface area contributed by atoms with Crippen molar-refractivity contribution in [3.8, 4) is 11.5 Å². The van der Waals surface area contributed by atoms with Crippen molar-refractivity contribution in [2.45, 2.75) is 45.5 Å². The van der Waals surface area contributed by atoms with E-state index in [1.54, 1.807) is 6.08 Å². The van der Waals surface area contributed by atoms with E-state index in [4.69, 9.17) is 0 Å². The average Bonchev–Trinajstić information content (AvgIpc) is 2.00. The number of aliphatic hydroxyl groups is 1. The van der Waals surface area contributed by atoms with Crippen LogP contribution in [0.25, 0.3) is 0 Å². The monoisotopic (exact) mass is 196 g/mol. The molecular weight excluding hydrogens is 176 g/mol. The fraction of sp³-hybridized carbons (Fsp3) is 0.636. The van der Waals surface area contributed by atoms with Crippen molar-refractivity contribution in [3.63, 3.8) is 0 Å². The van der Waals surface area contributed by atoms with E-state index < -0.39 is 14.2 Å². The molecule has 74 valence electrons. The number of hydrogen-bond acceptors (Lipinski definition) is 1. The van der Waals surface area contributed by atoms with E-state index in [1.807, 2.05) is 6.08 Å². The molecule has 1 nitrogen and oxygen atoms in total. The minimum atomic E-state index is -1.32. The summed E-state index contributed by atoms with van der Waals surface area (Å²) in [5.41, 5.74) is 3.14. The third kappa shape index (κ3) is 9.39. The largest absolute Gasteiger partial charge is 0.377 e. The van der Waals surface area contributed by atoms with Crippen LogP contribution in [0.4, 0.5) is 0 Å².